The Kier molecular flexibility index (Phi) is 4.47. The summed E-state index contributed by atoms with van der Waals surface area (Å²) in [5, 5.41) is 6.32. The summed E-state index contributed by atoms with van der Waals surface area (Å²) in [7, 11) is 0. The highest BCUT2D eigenvalue weighted by atomic mass is 16.5. The maximum absolute atomic E-state index is 12.0. The molecule has 1 aromatic carbocycles. The Hall–Kier alpha value is -2.65. The fraction of sp³-hybridized carbons (Fsp3) is 0.214. The second-order valence-electron chi connectivity index (χ2n) is 4.07. The zero-order chi connectivity index (χ0) is 14.4. The van der Waals surface area contributed by atoms with E-state index in [1.54, 1.807) is 12.1 Å². The average Bonchev–Trinajstić information content (AvgIpc) is 2.97. The largest absolute Gasteiger partial charge is 0.345 e. The van der Waals surface area contributed by atoms with E-state index < -0.39 is 0 Å². The molecule has 1 heterocycles. The highest BCUT2D eigenvalue weighted by Crippen LogP contribution is 2.10. The van der Waals surface area contributed by atoms with Gasteiger partial charge in [-0.1, -0.05) is 23.1 Å². The average molecular weight is 270 g/mol. The Balaban J connectivity index is 2.09. The molecule has 6 nitrogen and oxygen atoms in total. The maximum Gasteiger partial charge on any atom is 0.251 e. The molecule has 2 aromatic rings. The van der Waals surface area contributed by atoms with Gasteiger partial charge in [-0.2, -0.15) is 4.98 Å². The first-order chi connectivity index (χ1) is 9.70. The van der Waals surface area contributed by atoms with Gasteiger partial charge >= 0.3 is 0 Å². The van der Waals surface area contributed by atoms with Gasteiger partial charge in [0.15, 0.2) is 5.82 Å². The van der Waals surface area contributed by atoms with Gasteiger partial charge in [0.2, 0.25) is 6.39 Å². The lowest BCUT2D eigenvalue weighted by Crippen LogP contribution is -2.23. The van der Waals surface area contributed by atoms with Crippen molar-refractivity contribution in [2.45, 2.75) is 13.5 Å². The number of aromatic nitrogens is 2. The molecule has 3 N–H and O–H groups in total. The number of hydrogen-bond donors (Lipinski definition) is 2. The van der Waals surface area contributed by atoms with Gasteiger partial charge < -0.3 is 15.6 Å². The van der Waals surface area contributed by atoms with Crippen LogP contribution in [0.5, 0.6) is 0 Å². The van der Waals surface area contributed by atoms with Crippen molar-refractivity contribution in [3.8, 4) is 11.8 Å². The molecule has 0 radical (unpaired) electrons. The minimum Gasteiger partial charge on any atom is -0.345 e. The summed E-state index contributed by atoms with van der Waals surface area (Å²) in [6.45, 7) is 2.43. The molecule has 20 heavy (non-hydrogen) atoms. The van der Waals surface area contributed by atoms with Crippen LogP contribution in [0.2, 0.25) is 0 Å². The van der Waals surface area contributed by atoms with E-state index in [-0.39, 0.29) is 19.0 Å². The Bertz CT molecular complexity index is 654. The molecule has 0 bridgehead atoms. The van der Waals surface area contributed by atoms with Crippen LogP contribution in [0.1, 0.15) is 27.3 Å². The van der Waals surface area contributed by atoms with Crippen LogP contribution in [0.15, 0.2) is 29.1 Å². The molecule has 0 aliphatic rings. The number of benzene rings is 1. The quantitative estimate of drug-likeness (QED) is 0.797. The number of carbonyl (C=O) groups is 1. The Labute approximate surface area is 116 Å². The highest BCUT2D eigenvalue weighted by Gasteiger charge is 2.08. The third kappa shape index (κ3) is 3.43. The van der Waals surface area contributed by atoms with Crippen LogP contribution in [-0.4, -0.2) is 22.6 Å². The highest BCUT2D eigenvalue weighted by molar-refractivity contribution is 5.94. The predicted molar refractivity (Wildman–Crippen MR) is 72.6 cm³/mol. The lowest BCUT2D eigenvalue weighted by Gasteiger charge is -2.05. The van der Waals surface area contributed by atoms with E-state index in [0.717, 1.165) is 11.1 Å². The van der Waals surface area contributed by atoms with Crippen LogP contribution >= 0.6 is 0 Å². The van der Waals surface area contributed by atoms with E-state index in [9.17, 15) is 4.79 Å². The Morgan fingerprint density at radius 3 is 3.05 bits per heavy atom. The van der Waals surface area contributed by atoms with Crippen molar-refractivity contribution in [1.29, 1.82) is 0 Å². The lowest BCUT2D eigenvalue weighted by atomic mass is 10.0. The van der Waals surface area contributed by atoms with E-state index in [1.807, 2.05) is 13.0 Å². The molecule has 0 saturated carbocycles. The number of aryl methyl sites for hydroxylation is 1. The normalized spacial score (nSPS) is 9.70. The molecule has 6 heteroatoms. The zero-order valence-corrected chi connectivity index (χ0v) is 11.0. The van der Waals surface area contributed by atoms with Crippen LogP contribution in [0.25, 0.3) is 0 Å². The summed E-state index contributed by atoms with van der Waals surface area (Å²) < 4.78 is 4.59. The van der Waals surface area contributed by atoms with Crippen LogP contribution in [0.3, 0.4) is 0 Å². The number of hydrogen-bond acceptors (Lipinski definition) is 5. The summed E-state index contributed by atoms with van der Waals surface area (Å²) in [4.78, 5) is 15.8. The van der Waals surface area contributed by atoms with E-state index in [4.69, 9.17) is 5.73 Å². The first-order valence-electron chi connectivity index (χ1n) is 6.03. The second kappa shape index (κ2) is 6.50. The van der Waals surface area contributed by atoms with Crippen LogP contribution in [0, 0.1) is 18.8 Å². The van der Waals surface area contributed by atoms with Crippen molar-refractivity contribution in [3.63, 3.8) is 0 Å². The van der Waals surface area contributed by atoms with Crippen molar-refractivity contribution in [1.82, 2.24) is 15.5 Å². The van der Waals surface area contributed by atoms with E-state index in [1.165, 1.54) is 6.39 Å². The number of carbonyl (C=O) groups excluding carboxylic acids is 1. The Morgan fingerprint density at radius 1 is 1.50 bits per heavy atom. The third-order valence-electron chi connectivity index (χ3n) is 2.64. The molecule has 0 atom stereocenters. The Morgan fingerprint density at radius 2 is 2.35 bits per heavy atom. The van der Waals surface area contributed by atoms with Crippen molar-refractivity contribution < 1.29 is 9.32 Å². The smallest absolute Gasteiger partial charge is 0.251 e. The molecule has 0 aliphatic carbocycles. The van der Waals surface area contributed by atoms with Crippen LogP contribution < -0.4 is 11.1 Å². The predicted octanol–water partition coefficient (Wildman–Crippen LogP) is 0.618. The van der Waals surface area contributed by atoms with Gasteiger partial charge in [-0.05, 0) is 24.6 Å². The molecular weight excluding hydrogens is 256 g/mol. The summed E-state index contributed by atoms with van der Waals surface area (Å²) in [5.41, 5.74) is 7.67. The molecule has 1 aromatic heterocycles. The fourth-order valence-electron chi connectivity index (χ4n) is 1.58. The minimum absolute atomic E-state index is 0.215. The molecule has 1 amide bonds. The molecule has 0 fully saturated rings. The number of amides is 1. The first kappa shape index (κ1) is 13.8. The zero-order valence-electron chi connectivity index (χ0n) is 11.0. The standard InChI is InChI=1S/C14H14N4O2/c1-10-4-5-12(7-11(10)3-2-6-15)14(19)16-8-13-17-9-20-18-13/h4-5,7,9H,6,8,15H2,1H3,(H,16,19). The van der Waals surface area contributed by atoms with Crippen LogP contribution in [0.4, 0.5) is 0 Å². The SMILES string of the molecule is Cc1ccc(C(=O)NCc2ncon2)cc1C#CCN. The minimum atomic E-state index is -0.217. The van der Waals surface area contributed by atoms with Gasteiger partial charge in [0.1, 0.15) is 0 Å². The third-order valence-corrected chi connectivity index (χ3v) is 2.64. The van der Waals surface area contributed by atoms with E-state index >= 15 is 0 Å². The van der Waals surface area contributed by atoms with Crippen molar-refractivity contribution in [2.75, 3.05) is 6.54 Å². The molecular formula is C14H14N4O2. The van der Waals surface area contributed by atoms with Gasteiger partial charge in [-0.15, -0.1) is 0 Å². The second-order valence-corrected chi connectivity index (χ2v) is 4.07. The molecule has 102 valence electrons. The topological polar surface area (TPSA) is 94.0 Å². The van der Waals surface area contributed by atoms with Gasteiger partial charge in [0.25, 0.3) is 5.91 Å². The van der Waals surface area contributed by atoms with E-state index in [2.05, 4.69) is 31.8 Å². The summed E-state index contributed by atoms with van der Waals surface area (Å²) in [6, 6.07) is 5.34. The number of nitrogens with zero attached hydrogens (tertiary/aromatic N) is 2. The summed E-state index contributed by atoms with van der Waals surface area (Å²) >= 11 is 0. The fourth-order valence-corrected chi connectivity index (χ4v) is 1.58. The van der Waals surface area contributed by atoms with E-state index in [0.29, 0.717) is 11.4 Å². The van der Waals surface area contributed by atoms with Gasteiger partial charge in [-0.25, -0.2) is 0 Å². The molecule has 0 aliphatic heterocycles. The van der Waals surface area contributed by atoms with Gasteiger partial charge in [0, 0.05) is 11.1 Å². The molecule has 0 spiro atoms. The lowest BCUT2D eigenvalue weighted by molar-refractivity contribution is 0.0949. The molecule has 2 rings (SSSR count). The number of rotatable bonds is 3. The van der Waals surface area contributed by atoms with Crippen molar-refractivity contribution >= 4 is 5.91 Å². The molecule has 0 saturated heterocycles. The summed E-state index contributed by atoms with van der Waals surface area (Å²) in [6.07, 6.45) is 1.22. The maximum atomic E-state index is 12.0. The van der Waals surface area contributed by atoms with Gasteiger partial charge in [0.05, 0.1) is 13.1 Å². The molecule has 0 unspecified atom stereocenters. The van der Waals surface area contributed by atoms with Crippen molar-refractivity contribution in [2.24, 2.45) is 5.73 Å². The number of nitrogens with one attached hydrogen (secondary N) is 1. The monoisotopic (exact) mass is 270 g/mol. The number of nitrogens with two attached hydrogens (primary N) is 1. The first-order valence-corrected chi connectivity index (χ1v) is 6.03. The van der Waals surface area contributed by atoms with Crippen LogP contribution in [-0.2, 0) is 6.54 Å². The summed E-state index contributed by atoms with van der Waals surface area (Å²) in [5.74, 6) is 5.93. The van der Waals surface area contributed by atoms with Crippen molar-refractivity contribution in [3.05, 3.63) is 47.1 Å². The van der Waals surface area contributed by atoms with Gasteiger partial charge in [-0.3, -0.25) is 4.79 Å².